The van der Waals surface area contributed by atoms with Crippen molar-refractivity contribution >= 4 is 43.4 Å². The highest BCUT2D eigenvalue weighted by molar-refractivity contribution is 5.99. The second-order valence-electron chi connectivity index (χ2n) is 14.7. The molecular formula is C54H34N4. The van der Waals surface area contributed by atoms with Crippen LogP contribution in [0.3, 0.4) is 0 Å². The van der Waals surface area contributed by atoms with Gasteiger partial charge in [-0.2, -0.15) is 0 Å². The Labute approximate surface area is 335 Å². The third-order valence-electron chi connectivity index (χ3n) is 11.0. The molecule has 0 aliphatic rings. The maximum Gasteiger partial charge on any atom is 0.160 e. The zero-order valence-corrected chi connectivity index (χ0v) is 31.4. The van der Waals surface area contributed by atoms with Crippen molar-refractivity contribution in [2.75, 3.05) is 0 Å². The first kappa shape index (κ1) is 33.5. The summed E-state index contributed by atoms with van der Waals surface area (Å²) in [6.45, 7) is 0. The number of benzene rings is 9. The molecule has 0 aliphatic heterocycles. The lowest BCUT2D eigenvalue weighted by Gasteiger charge is -2.13. The van der Waals surface area contributed by atoms with E-state index in [2.05, 4.69) is 188 Å². The molecule has 2 heterocycles. The van der Waals surface area contributed by atoms with Crippen LogP contribution < -0.4 is 0 Å². The van der Waals surface area contributed by atoms with Crippen LogP contribution in [-0.4, -0.2) is 19.9 Å². The average Bonchev–Trinajstić information content (AvgIpc) is 3.30. The summed E-state index contributed by atoms with van der Waals surface area (Å²) in [5.74, 6) is 1.30. The quantitative estimate of drug-likeness (QED) is 0.170. The van der Waals surface area contributed by atoms with Gasteiger partial charge in [-0.3, -0.25) is 0 Å². The molecule has 0 saturated carbocycles. The Morgan fingerprint density at radius 2 is 0.603 bits per heavy atom. The summed E-state index contributed by atoms with van der Waals surface area (Å²) in [6.07, 6.45) is 0. The molecule has 2 aromatic heterocycles. The molecule has 0 amide bonds. The molecule has 9 aromatic carbocycles. The van der Waals surface area contributed by atoms with E-state index >= 15 is 0 Å². The summed E-state index contributed by atoms with van der Waals surface area (Å²) < 4.78 is 0. The molecule has 11 rings (SSSR count). The minimum atomic E-state index is 0.651. The van der Waals surface area contributed by atoms with E-state index in [1.165, 1.54) is 33.0 Å². The molecule has 4 heteroatoms. The zero-order valence-electron chi connectivity index (χ0n) is 31.4. The Morgan fingerprint density at radius 3 is 1.07 bits per heavy atom. The molecule has 0 unspecified atom stereocenters. The van der Waals surface area contributed by atoms with E-state index in [-0.39, 0.29) is 0 Å². The largest absolute Gasteiger partial charge is 0.228 e. The van der Waals surface area contributed by atoms with Crippen molar-refractivity contribution in [3.05, 3.63) is 206 Å². The van der Waals surface area contributed by atoms with Crippen LogP contribution in [0, 0.1) is 0 Å². The molecule has 0 atom stereocenters. The summed E-state index contributed by atoms with van der Waals surface area (Å²) in [5, 5.41) is 6.72. The van der Waals surface area contributed by atoms with Gasteiger partial charge in [0.15, 0.2) is 11.6 Å². The summed E-state index contributed by atoms with van der Waals surface area (Å²) in [6, 6.07) is 72.3. The van der Waals surface area contributed by atoms with Crippen molar-refractivity contribution in [2.45, 2.75) is 0 Å². The molecule has 0 saturated heterocycles. The predicted octanol–water partition coefficient (Wildman–Crippen LogP) is 13.9. The van der Waals surface area contributed by atoms with Crippen LogP contribution in [0.2, 0.25) is 0 Å². The molecule has 11 aromatic rings. The van der Waals surface area contributed by atoms with Gasteiger partial charge in [0.25, 0.3) is 0 Å². The molecule has 0 spiro atoms. The molecule has 0 aliphatic carbocycles. The summed E-state index contributed by atoms with van der Waals surface area (Å²) in [5.41, 5.74) is 12.2. The number of rotatable bonds is 6. The highest BCUT2D eigenvalue weighted by Crippen LogP contribution is 2.36. The predicted molar refractivity (Wildman–Crippen MR) is 240 cm³/mol. The fourth-order valence-electron chi connectivity index (χ4n) is 8.06. The van der Waals surface area contributed by atoms with Crippen molar-refractivity contribution in [3.63, 3.8) is 0 Å². The van der Waals surface area contributed by atoms with Crippen molar-refractivity contribution < 1.29 is 0 Å². The third-order valence-corrected chi connectivity index (χ3v) is 11.0. The van der Waals surface area contributed by atoms with Gasteiger partial charge in [-0.15, -0.1) is 0 Å². The highest BCUT2D eigenvalue weighted by atomic mass is 14.9. The van der Waals surface area contributed by atoms with E-state index in [1.54, 1.807) is 0 Å². The summed E-state index contributed by atoms with van der Waals surface area (Å²) >= 11 is 0. The van der Waals surface area contributed by atoms with Gasteiger partial charge in [0.1, 0.15) is 0 Å². The molecule has 270 valence electrons. The van der Waals surface area contributed by atoms with Crippen LogP contribution in [0.1, 0.15) is 0 Å². The van der Waals surface area contributed by atoms with E-state index in [0.29, 0.717) is 11.6 Å². The van der Waals surface area contributed by atoms with Crippen LogP contribution in [0.25, 0.3) is 111 Å². The molecule has 0 fully saturated rings. The second kappa shape index (κ2) is 14.0. The Bertz CT molecular complexity index is 3120. The van der Waals surface area contributed by atoms with Crippen molar-refractivity contribution in [3.8, 4) is 67.5 Å². The smallest absolute Gasteiger partial charge is 0.160 e. The first-order valence-corrected chi connectivity index (χ1v) is 19.5. The second-order valence-corrected chi connectivity index (χ2v) is 14.7. The van der Waals surface area contributed by atoms with Gasteiger partial charge in [0, 0.05) is 33.0 Å². The number of aromatic nitrogens is 4. The average molecular weight is 739 g/mol. The Hall–Kier alpha value is -7.82. The van der Waals surface area contributed by atoms with Crippen molar-refractivity contribution in [1.82, 2.24) is 19.9 Å². The minimum Gasteiger partial charge on any atom is -0.228 e. The molecule has 4 nitrogen and oxygen atoms in total. The molecule has 0 radical (unpaired) electrons. The van der Waals surface area contributed by atoms with Gasteiger partial charge in [0.05, 0.1) is 22.4 Å². The van der Waals surface area contributed by atoms with Crippen LogP contribution in [-0.2, 0) is 0 Å². The van der Waals surface area contributed by atoms with Crippen LogP contribution in [0.4, 0.5) is 0 Å². The number of hydrogen-bond acceptors (Lipinski definition) is 4. The first-order chi connectivity index (χ1) is 28.7. The van der Waals surface area contributed by atoms with E-state index < -0.39 is 0 Å². The van der Waals surface area contributed by atoms with Gasteiger partial charge >= 0.3 is 0 Å². The zero-order chi connectivity index (χ0) is 38.4. The summed E-state index contributed by atoms with van der Waals surface area (Å²) in [7, 11) is 0. The Balaban J connectivity index is 1.01. The fraction of sp³-hybridized carbons (Fsp3) is 0. The van der Waals surface area contributed by atoms with Crippen molar-refractivity contribution in [1.29, 1.82) is 0 Å². The number of hydrogen-bond donors (Lipinski definition) is 0. The van der Waals surface area contributed by atoms with Crippen LogP contribution in [0.15, 0.2) is 206 Å². The lowest BCUT2D eigenvalue weighted by molar-refractivity contribution is 1.21. The Morgan fingerprint density at radius 1 is 0.224 bits per heavy atom. The number of fused-ring (bicyclic) bond motifs is 4. The summed E-state index contributed by atoms with van der Waals surface area (Å²) in [4.78, 5) is 20.8. The monoisotopic (exact) mass is 738 g/mol. The van der Waals surface area contributed by atoms with Crippen LogP contribution >= 0.6 is 0 Å². The molecule has 0 N–H and O–H groups in total. The minimum absolute atomic E-state index is 0.651. The van der Waals surface area contributed by atoms with E-state index in [0.717, 1.165) is 66.2 Å². The lowest BCUT2D eigenvalue weighted by atomic mass is 9.98. The van der Waals surface area contributed by atoms with Crippen LogP contribution in [0.5, 0.6) is 0 Å². The topological polar surface area (TPSA) is 51.6 Å². The van der Waals surface area contributed by atoms with E-state index in [9.17, 15) is 0 Å². The van der Waals surface area contributed by atoms with Gasteiger partial charge in [-0.1, -0.05) is 164 Å². The number of para-hydroxylation sites is 2. The van der Waals surface area contributed by atoms with E-state index in [4.69, 9.17) is 19.9 Å². The van der Waals surface area contributed by atoms with Gasteiger partial charge in [-0.25, -0.2) is 19.9 Å². The van der Waals surface area contributed by atoms with Gasteiger partial charge in [-0.05, 0) is 86.3 Å². The lowest BCUT2D eigenvalue weighted by Crippen LogP contribution is -1.97. The Kier molecular flexibility index (Phi) is 8.11. The van der Waals surface area contributed by atoms with Gasteiger partial charge < -0.3 is 0 Å². The standard InChI is InChI=1S/C54H34N4/c1-3-12-35(13-4-1)39-26-22-37-24-28-41(32-45(37)30-39)51-47-18-7-9-20-49(47)55-53(57-51)43-16-11-17-44(34-43)54-56-50-21-10-8-19-48(50)52(58-54)42-29-25-38-23-27-40(31-46(38)33-42)36-14-5-2-6-15-36/h1-34H. The highest BCUT2D eigenvalue weighted by Gasteiger charge is 2.16. The molecule has 0 bridgehead atoms. The SMILES string of the molecule is c1ccc(-c2ccc3ccc(-c4nc(-c5cccc(-c6nc(-c7ccc8ccc(-c9ccccc9)cc8c7)c7ccccc7n6)c5)nc5ccccc45)cc3c2)cc1. The maximum atomic E-state index is 5.28. The third kappa shape index (κ3) is 6.14. The van der Waals surface area contributed by atoms with Crippen molar-refractivity contribution in [2.24, 2.45) is 0 Å². The molecule has 58 heavy (non-hydrogen) atoms. The maximum absolute atomic E-state index is 5.28. The molecular weight excluding hydrogens is 705 g/mol. The fourth-order valence-corrected chi connectivity index (χ4v) is 8.06. The van der Waals surface area contributed by atoms with E-state index in [1.807, 2.05) is 18.2 Å². The normalized spacial score (nSPS) is 11.4. The number of nitrogens with zero attached hydrogens (tertiary/aromatic N) is 4. The first-order valence-electron chi connectivity index (χ1n) is 19.5. The van der Waals surface area contributed by atoms with Gasteiger partial charge in [0.2, 0.25) is 0 Å².